The van der Waals surface area contributed by atoms with Gasteiger partial charge in [0.15, 0.2) is 11.5 Å². The number of carbonyl (C=O) groups excluding carboxylic acids is 2. The molecule has 44 heavy (non-hydrogen) atoms. The van der Waals surface area contributed by atoms with Crippen LogP contribution < -0.4 is 14.2 Å². The van der Waals surface area contributed by atoms with Gasteiger partial charge >= 0.3 is 0 Å². The first kappa shape index (κ1) is 31.1. The Morgan fingerprint density at radius 1 is 0.955 bits per heavy atom. The van der Waals surface area contributed by atoms with Gasteiger partial charge in [-0.3, -0.25) is 14.5 Å². The van der Waals surface area contributed by atoms with Gasteiger partial charge in [-0.05, 0) is 60.4 Å². The molecule has 1 unspecified atom stereocenters. The maximum absolute atomic E-state index is 13.6. The van der Waals surface area contributed by atoms with Gasteiger partial charge in [0.1, 0.15) is 18.1 Å². The smallest absolute Gasteiger partial charge is 0.295 e. The molecule has 1 N–H and O–H groups in total. The topological polar surface area (TPSA) is 97.8 Å². The van der Waals surface area contributed by atoms with E-state index in [1.54, 1.807) is 36.3 Å². The van der Waals surface area contributed by atoms with Crippen molar-refractivity contribution in [3.63, 3.8) is 0 Å². The Morgan fingerprint density at radius 3 is 2.43 bits per heavy atom. The molecule has 1 atom stereocenters. The average Bonchev–Trinajstić information content (AvgIpc) is 3.31. The number of methoxy groups -OCH3 is 1. The third-order valence-electron chi connectivity index (χ3n) is 7.97. The molecular formula is C35H40N2O7. The highest BCUT2D eigenvalue weighted by atomic mass is 16.5. The minimum Gasteiger partial charge on any atom is -0.507 e. The van der Waals surface area contributed by atoms with E-state index in [1.807, 2.05) is 56.3 Å². The highest BCUT2D eigenvalue weighted by Crippen LogP contribution is 2.42. The molecule has 1 amide bonds. The highest BCUT2D eigenvalue weighted by molar-refractivity contribution is 6.46. The molecule has 0 bridgehead atoms. The monoisotopic (exact) mass is 600 g/mol. The number of rotatable bonds is 12. The standard InChI is InChI=1S/C35H40N2O7/c1-4-18-43-27-11-12-28(24(2)21-27)33(38)31-32(37(35(40)34(31)39)15-14-36-16-19-42-20-17-36)26-10-13-29(30(22-26)41-3)44-23-25-8-6-5-7-9-25/h5-13,21-22,32,38H,4,14-20,23H2,1-3H3/b33-31+. The fraction of sp³-hybridized carbons (Fsp3) is 0.371. The third kappa shape index (κ3) is 6.90. The van der Waals surface area contributed by atoms with Crippen LogP contribution in [0.5, 0.6) is 17.2 Å². The zero-order chi connectivity index (χ0) is 31.1. The minimum atomic E-state index is -0.816. The quantitative estimate of drug-likeness (QED) is 0.174. The molecule has 3 aromatic rings. The summed E-state index contributed by atoms with van der Waals surface area (Å²) in [5.41, 5.74) is 2.90. The summed E-state index contributed by atoms with van der Waals surface area (Å²) in [7, 11) is 1.55. The number of hydrogen-bond donors (Lipinski definition) is 1. The number of aliphatic hydroxyl groups excluding tert-OH is 1. The van der Waals surface area contributed by atoms with Crippen molar-refractivity contribution in [3.05, 3.63) is 94.6 Å². The maximum Gasteiger partial charge on any atom is 0.295 e. The molecule has 3 aromatic carbocycles. The molecule has 0 radical (unpaired) electrons. The lowest BCUT2D eigenvalue weighted by Crippen LogP contribution is -2.42. The van der Waals surface area contributed by atoms with Crippen LogP contribution in [0, 0.1) is 6.92 Å². The number of morpholine rings is 1. The fourth-order valence-corrected chi connectivity index (χ4v) is 5.60. The van der Waals surface area contributed by atoms with Gasteiger partial charge in [-0.25, -0.2) is 0 Å². The number of aliphatic hydroxyl groups is 1. The summed E-state index contributed by atoms with van der Waals surface area (Å²) in [6, 6.07) is 19.7. The van der Waals surface area contributed by atoms with Gasteiger partial charge in [0.05, 0.1) is 38.5 Å². The molecule has 0 saturated carbocycles. The Hall–Kier alpha value is -4.34. The van der Waals surface area contributed by atoms with E-state index in [0.29, 0.717) is 67.9 Å². The zero-order valence-electron chi connectivity index (χ0n) is 25.6. The molecular weight excluding hydrogens is 560 g/mol. The lowest BCUT2D eigenvalue weighted by molar-refractivity contribution is -0.140. The zero-order valence-corrected chi connectivity index (χ0v) is 25.6. The maximum atomic E-state index is 13.6. The van der Waals surface area contributed by atoms with E-state index in [4.69, 9.17) is 18.9 Å². The molecule has 0 aliphatic carbocycles. The highest BCUT2D eigenvalue weighted by Gasteiger charge is 2.46. The summed E-state index contributed by atoms with van der Waals surface area (Å²) >= 11 is 0. The summed E-state index contributed by atoms with van der Waals surface area (Å²) in [5.74, 6) is 0.0938. The van der Waals surface area contributed by atoms with Crippen LogP contribution in [0.4, 0.5) is 0 Å². The van der Waals surface area contributed by atoms with E-state index in [1.165, 1.54) is 0 Å². The molecule has 2 saturated heterocycles. The molecule has 2 aliphatic heterocycles. The first-order valence-corrected chi connectivity index (χ1v) is 15.1. The molecule has 0 aromatic heterocycles. The fourth-order valence-electron chi connectivity index (χ4n) is 5.60. The number of Topliss-reactive ketones (excluding diaryl/α,β-unsaturated/α-hetero) is 1. The first-order chi connectivity index (χ1) is 21.4. The van der Waals surface area contributed by atoms with Crippen molar-refractivity contribution < 1.29 is 33.6 Å². The first-order valence-electron chi connectivity index (χ1n) is 15.1. The van der Waals surface area contributed by atoms with Crippen LogP contribution in [0.1, 0.15) is 41.6 Å². The summed E-state index contributed by atoms with van der Waals surface area (Å²) in [6.07, 6.45) is 0.869. The van der Waals surface area contributed by atoms with Gasteiger partial charge in [0.25, 0.3) is 11.7 Å². The van der Waals surface area contributed by atoms with Crippen LogP contribution in [0.15, 0.2) is 72.3 Å². The van der Waals surface area contributed by atoms with Crippen molar-refractivity contribution in [1.29, 1.82) is 0 Å². The third-order valence-corrected chi connectivity index (χ3v) is 7.97. The predicted molar refractivity (Wildman–Crippen MR) is 167 cm³/mol. The molecule has 2 fully saturated rings. The Labute approximate surface area is 258 Å². The van der Waals surface area contributed by atoms with Gasteiger partial charge in [-0.2, -0.15) is 0 Å². The van der Waals surface area contributed by atoms with Gasteiger partial charge in [-0.15, -0.1) is 0 Å². The lowest BCUT2D eigenvalue weighted by atomic mass is 9.93. The molecule has 232 valence electrons. The molecule has 2 aliphatic rings. The second kappa shape index (κ2) is 14.4. The van der Waals surface area contributed by atoms with E-state index in [2.05, 4.69) is 4.90 Å². The van der Waals surface area contributed by atoms with E-state index in [0.717, 1.165) is 30.6 Å². The molecule has 9 nitrogen and oxygen atoms in total. The summed E-state index contributed by atoms with van der Waals surface area (Å²) < 4.78 is 23.0. The van der Waals surface area contributed by atoms with E-state index < -0.39 is 17.7 Å². The Balaban J connectivity index is 1.52. The SMILES string of the molecule is CCCOc1ccc(/C(O)=C2\C(=O)C(=O)N(CCN3CCOCC3)C2c2ccc(OCc3ccccc3)c(OC)c2)c(C)c1. The Bertz CT molecular complexity index is 1500. The van der Waals surface area contributed by atoms with E-state index in [-0.39, 0.29) is 11.3 Å². The summed E-state index contributed by atoms with van der Waals surface area (Å²) in [5, 5.41) is 11.7. The van der Waals surface area contributed by atoms with Crippen molar-refractivity contribution in [2.45, 2.75) is 32.9 Å². The number of nitrogens with zero attached hydrogens (tertiary/aromatic N) is 2. The van der Waals surface area contributed by atoms with Crippen molar-refractivity contribution in [2.24, 2.45) is 0 Å². The summed E-state index contributed by atoms with van der Waals surface area (Å²) in [4.78, 5) is 31.0. The second-order valence-electron chi connectivity index (χ2n) is 11.0. The van der Waals surface area contributed by atoms with Crippen molar-refractivity contribution in [3.8, 4) is 17.2 Å². The minimum absolute atomic E-state index is 0.0438. The van der Waals surface area contributed by atoms with Gasteiger partial charge in [-0.1, -0.05) is 43.3 Å². The number of benzene rings is 3. The number of hydrogen-bond acceptors (Lipinski definition) is 8. The van der Waals surface area contributed by atoms with Gasteiger partial charge in [0, 0.05) is 31.7 Å². The summed E-state index contributed by atoms with van der Waals surface area (Å²) in [6.45, 7) is 8.44. The molecule has 2 heterocycles. The Morgan fingerprint density at radius 2 is 1.73 bits per heavy atom. The van der Waals surface area contributed by atoms with E-state index in [9.17, 15) is 14.7 Å². The van der Waals surface area contributed by atoms with Crippen molar-refractivity contribution >= 4 is 17.4 Å². The number of ketones is 1. The van der Waals surface area contributed by atoms with E-state index >= 15 is 0 Å². The van der Waals surface area contributed by atoms with Crippen LogP contribution in [-0.2, 0) is 20.9 Å². The largest absolute Gasteiger partial charge is 0.507 e. The number of aryl methyl sites for hydroxylation is 1. The van der Waals surface area contributed by atoms with Crippen molar-refractivity contribution in [1.82, 2.24) is 9.80 Å². The number of carbonyl (C=O) groups is 2. The molecule has 9 heteroatoms. The van der Waals surface area contributed by atoms with Crippen LogP contribution in [0.3, 0.4) is 0 Å². The van der Waals surface area contributed by atoms with Crippen LogP contribution in [0.2, 0.25) is 0 Å². The second-order valence-corrected chi connectivity index (χ2v) is 11.0. The van der Waals surface area contributed by atoms with Crippen molar-refractivity contribution in [2.75, 3.05) is 53.1 Å². The Kier molecular flexibility index (Phi) is 10.2. The van der Waals surface area contributed by atoms with Gasteiger partial charge in [0.2, 0.25) is 0 Å². The van der Waals surface area contributed by atoms with Crippen LogP contribution >= 0.6 is 0 Å². The van der Waals surface area contributed by atoms with Crippen LogP contribution in [-0.4, -0.2) is 79.7 Å². The predicted octanol–water partition coefficient (Wildman–Crippen LogP) is 5.13. The number of ether oxygens (including phenoxy) is 4. The molecule has 5 rings (SSSR count). The lowest BCUT2D eigenvalue weighted by Gasteiger charge is -2.31. The number of amides is 1. The van der Waals surface area contributed by atoms with Crippen LogP contribution in [0.25, 0.3) is 5.76 Å². The normalized spacial score (nSPS) is 18.4. The van der Waals surface area contributed by atoms with Gasteiger partial charge < -0.3 is 29.0 Å². The molecule has 0 spiro atoms. The average molecular weight is 601 g/mol. The number of likely N-dealkylation sites (tertiary alicyclic amines) is 1.